The highest BCUT2D eigenvalue weighted by Gasteiger charge is 2.15. The van der Waals surface area contributed by atoms with Crippen LogP contribution >= 0.6 is 11.6 Å². The zero-order valence-electron chi connectivity index (χ0n) is 15.5. The summed E-state index contributed by atoms with van der Waals surface area (Å²) in [5.41, 5.74) is 6.19. The van der Waals surface area contributed by atoms with Crippen molar-refractivity contribution in [2.45, 2.75) is 6.92 Å². The summed E-state index contributed by atoms with van der Waals surface area (Å²) in [7, 11) is 3.65. The van der Waals surface area contributed by atoms with Crippen LogP contribution < -0.4 is 10.1 Å². The van der Waals surface area contributed by atoms with Gasteiger partial charge in [-0.15, -0.1) is 0 Å². The van der Waals surface area contributed by atoms with Crippen LogP contribution in [0, 0.1) is 6.92 Å². The van der Waals surface area contributed by atoms with Crippen LogP contribution in [0.1, 0.15) is 5.56 Å². The summed E-state index contributed by atoms with van der Waals surface area (Å²) in [6.45, 7) is 1.99. The zero-order chi connectivity index (χ0) is 19.0. The zero-order valence-corrected chi connectivity index (χ0v) is 16.2. The van der Waals surface area contributed by atoms with Crippen molar-refractivity contribution in [3.05, 3.63) is 71.2 Å². The quantitative estimate of drug-likeness (QED) is 0.477. The first-order chi connectivity index (χ1) is 13.1. The Morgan fingerprint density at radius 2 is 1.81 bits per heavy atom. The third-order valence-corrected chi connectivity index (χ3v) is 4.92. The summed E-state index contributed by atoms with van der Waals surface area (Å²) in [5.74, 6) is 1.44. The van der Waals surface area contributed by atoms with E-state index in [0.717, 1.165) is 39.4 Å². The minimum absolute atomic E-state index is 0.645. The van der Waals surface area contributed by atoms with E-state index < -0.39 is 0 Å². The van der Waals surface area contributed by atoms with E-state index in [1.54, 1.807) is 13.2 Å². The van der Waals surface area contributed by atoms with Crippen LogP contribution in [-0.4, -0.2) is 16.7 Å². The molecule has 5 heteroatoms. The van der Waals surface area contributed by atoms with Crippen molar-refractivity contribution in [2.24, 2.45) is 7.05 Å². The number of fused-ring (bicyclic) bond motifs is 1. The van der Waals surface area contributed by atoms with E-state index >= 15 is 0 Å². The van der Waals surface area contributed by atoms with Crippen LogP contribution in [0.3, 0.4) is 0 Å². The van der Waals surface area contributed by atoms with E-state index in [-0.39, 0.29) is 0 Å². The summed E-state index contributed by atoms with van der Waals surface area (Å²) in [4.78, 5) is 4.80. The molecule has 0 amide bonds. The molecule has 3 aromatic carbocycles. The molecule has 136 valence electrons. The number of hydrogen-bond acceptors (Lipinski definition) is 3. The van der Waals surface area contributed by atoms with Gasteiger partial charge < -0.3 is 14.6 Å². The SMILES string of the molecule is COc1cc(Cl)cc(C)c1Nc1nc2cccc(-c3ccccc3)c2n1C. The van der Waals surface area contributed by atoms with E-state index in [2.05, 4.69) is 28.1 Å². The van der Waals surface area contributed by atoms with Gasteiger partial charge in [-0.2, -0.15) is 0 Å². The molecule has 27 heavy (non-hydrogen) atoms. The molecular weight excluding hydrogens is 358 g/mol. The number of nitrogens with one attached hydrogen (secondary N) is 1. The normalized spacial score (nSPS) is 11.0. The van der Waals surface area contributed by atoms with Crippen LogP contribution in [0.4, 0.5) is 11.6 Å². The number of ether oxygens (including phenoxy) is 1. The van der Waals surface area contributed by atoms with Crippen LogP contribution in [0.2, 0.25) is 5.02 Å². The molecule has 0 unspecified atom stereocenters. The molecule has 4 aromatic rings. The lowest BCUT2D eigenvalue weighted by Crippen LogP contribution is -2.03. The molecule has 4 nitrogen and oxygen atoms in total. The maximum absolute atomic E-state index is 6.16. The van der Waals surface area contributed by atoms with Gasteiger partial charge in [0.1, 0.15) is 5.75 Å². The van der Waals surface area contributed by atoms with Gasteiger partial charge in [0.2, 0.25) is 5.95 Å². The monoisotopic (exact) mass is 377 g/mol. The first kappa shape index (κ1) is 17.4. The van der Waals surface area contributed by atoms with E-state index in [1.807, 2.05) is 50.4 Å². The third-order valence-electron chi connectivity index (χ3n) is 4.70. The van der Waals surface area contributed by atoms with Gasteiger partial charge >= 0.3 is 0 Å². The average Bonchev–Trinajstić information content (AvgIpc) is 3.00. The fourth-order valence-electron chi connectivity index (χ4n) is 3.38. The Hall–Kier alpha value is -2.98. The molecule has 0 saturated heterocycles. The highest BCUT2D eigenvalue weighted by Crippen LogP contribution is 2.36. The molecule has 0 spiro atoms. The van der Waals surface area contributed by atoms with Gasteiger partial charge in [-0.1, -0.05) is 54.1 Å². The number of anilines is 2. The molecule has 1 N–H and O–H groups in total. The standard InChI is InChI=1S/C22H20ClN3O/c1-14-12-16(23)13-19(27-3)20(14)25-22-24-18-11-7-10-17(21(18)26(22)2)15-8-5-4-6-9-15/h4-13H,1-3H3,(H,24,25). The van der Waals surface area contributed by atoms with Gasteiger partial charge in [0.15, 0.2) is 0 Å². The molecule has 0 fully saturated rings. The van der Waals surface area contributed by atoms with Crippen molar-refractivity contribution >= 4 is 34.3 Å². The van der Waals surface area contributed by atoms with Crippen molar-refractivity contribution in [3.63, 3.8) is 0 Å². The number of benzene rings is 3. The Labute approximate surface area is 163 Å². The Kier molecular flexibility index (Phi) is 4.50. The predicted octanol–water partition coefficient (Wildman–Crippen LogP) is 5.95. The van der Waals surface area contributed by atoms with Gasteiger partial charge in [0.05, 0.1) is 23.8 Å². The Morgan fingerprint density at radius 1 is 1.04 bits per heavy atom. The van der Waals surface area contributed by atoms with E-state index in [1.165, 1.54) is 0 Å². The number of imidazole rings is 1. The van der Waals surface area contributed by atoms with Crippen molar-refractivity contribution < 1.29 is 4.74 Å². The second-order valence-electron chi connectivity index (χ2n) is 6.46. The molecule has 0 aliphatic heterocycles. The molecule has 0 bridgehead atoms. The number of hydrogen-bond donors (Lipinski definition) is 1. The average molecular weight is 378 g/mol. The van der Waals surface area contributed by atoms with Gasteiger partial charge in [0.25, 0.3) is 0 Å². The highest BCUT2D eigenvalue weighted by molar-refractivity contribution is 6.31. The number of halogens is 1. The Bertz CT molecular complexity index is 1120. The smallest absolute Gasteiger partial charge is 0.208 e. The molecule has 4 rings (SSSR count). The predicted molar refractivity (Wildman–Crippen MR) is 112 cm³/mol. The molecule has 1 heterocycles. The van der Waals surface area contributed by atoms with E-state index in [0.29, 0.717) is 10.8 Å². The Balaban J connectivity index is 1.85. The van der Waals surface area contributed by atoms with E-state index in [9.17, 15) is 0 Å². The second kappa shape index (κ2) is 6.97. The summed E-state index contributed by atoms with van der Waals surface area (Å²) in [6, 6.07) is 20.2. The maximum Gasteiger partial charge on any atom is 0.208 e. The van der Waals surface area contributed by atoms with Crippen LogP contribution in [0.5, 0.6) is 5.75 Å². The fourth-order valence-corrected chi connectivity index (χ4v) is 3.64. The molecule has 0 aliphatic rings. The molecule has 0 saturated carbocycles. The lowest BCUT2D eigenvalue weighted by Gasteiger charge is -2.14. The maximum atomic E-state index is 6.16. The van der Waals surface area contributed by atoms with Gasteiger partial charge in [-0.05, 0) is 30.2 Å². The number of para-hydroxylation sites is 1. The molecule has 0 radical (unpaired) electrons. The van der Waals surface area contributed by atoms with Crippen molar-refractivity contribution in [1.82, 2.24) is 9.55 Å². The number of aryl methyl sites for hydroxylation is 2. The summed E-state index contributed by atoms with van der Waals surface area (Å²) in [5, 5.41) is 4.07. The number of methoxy groups -OCH3 is 1. The van der Waals surface area contributed by atoms with Crippen molar-refractivity contribution in [1.29, 1.82) is 0 Å². The number of rotatable bonds is 4. The van der Waals surface area contributed by atoms with Crippen LogP contribution in [0.15, 0.2) is 60.7 Å². The van der Waals surface area contributed by atoms with Gasteiger partial charge in [-0.25, -0.2) is 4.98 Å². The third kappa shape index (κ3) is 3.13. The summed E-state index contributed by atoms with van der Waals surface area (Å²) < 4.78 is 7.58. The first-order valence-corrected chi connectivity index (χ1v) is 9.08. The Morgan fingerprint density at radius 3 is 2.56 bits per heavy atom. The van der Waals surface area contributed by atoms with E-state index in [4.69, 9.17) is 21.3 Å². The van der Waals surface area contributed by atoms with Crippen LogP contribution in [0.25, 0.3) is 22.2 Å². The number of nitrogens with zero attached hydrogens (tertiary/aromatic N) is 2. The molecule has 1 aromatic heterocycles. The van der Waals surface area contributed by atoms with Gasteiger partial charge in [0, 0.05) is 23.7 Å². The molecule has 0 atom stereocenters. The van der Waals surface area contributed by atoms with Crippen molar-refractivity contribution in [2.75, 3.05) is 12.4 Å². The fraction of sp³-hybridized carbons (Fsp3) is 0.136. The number of aromatic nitrogens is 2. The summed E-state index contributed by atoms with van der Waals surface area (Å²) in [6.07, 6.45) is 0. The first-order valence-electron chi connectivity index (χ1n) is 8.70. The lowest BCUT2D eigenvalue weighted by molar-refractivity contribution is 0.416. The topological polar surface area (TPSA) is 39.1 Å². The van der Waals surface area contributed by atoms with Gasteiger partial charge in [-0.3, -0.25) is 0 Å². The second-order valence-corrected chi connectivity index (χ2v) is 6.90. The molecular formula is C22H20ClN3O. The molecule has 0 aliphatic carbocycles. The van der Waals surface area contributed by atoms with Crippen LogP contribution in [-0.2, 0) is 7.05 Å². The highest BCUT2D eigenvalue weighted by atomic mass is 35.5. The largest absolute Gasteiger partial charge is 0.495 e. The summed E-state index contributed by atoms with van der Waals surface area (Å²) >= 11 is 6.16. The minimum atomic E-state index is 0.645. The lowest BCUT2D eigenvalue weighted by atomic mass is 10.0. The van der Waals surface area contributed by atoms with Crippen molar-refractivity contribution in [3.8, 4) is 16.9 Å². The minimum Gasteiger partial charge on any atom is -0.495 e.